The van der Waals surface area contributed by atoms with Crippen LogP contribution in [0.3, 0.4) is 0 Å². The second kappa shape index (κ2) is 10.8. The predicted molar refractivity (Wildman–Crippen MR) is 19.8 cm³/mol. The molecule has 0 bridgehead atoms. The third kappa shape index (κ3) is 18.1. The van der Waals surface area contributed by atoms with Crippen molar-refractivity contribution in [2.24, 2.45) is 0 Å². The van der Waals surface area contributed by atoms with E-state index >= 15 is 0 Å². The van der Waals surface area contributed by atoms with Crippen molar-refractivity contribution in [3.63, 3.8) is 0 Å². The molecule has 0 aliphatic heterocycles. The van der Waals surface area contributed by atoms with Gasteiger partial charge in [0.15, 0.2) is 0 Å². The van der Waals surface area contributed by atoms with E-state index in [-0.39, 0.29) is 75.4 Å². The minimum absolute atomic E-state index is 0. The van der Waals surface area contributed by atoms with Crippen molar-refractivity contribution < 1.29 is 80.2 Å². The fraction of sp³-hybridized carbons (Fsp3) is 0.667. The summed E-state index contributed by atoms with van der Waals surface area (Å²) >= 11 is 0. The van der Waals surface area contributed by atoms with Gasteiger partial charge in [-0.05, 0) is 0 Å². The van der Waals surface area contributed by atoms with Gasteiger partial charge in [-0.3, -0.25) is 4.79 Å². The van der Waals surface area contributed by atoms with Crippen molar-refractivity contribution in [2.45, 2.75) is 0 Å². The molecule has 0 aromatic heterocycles. The van der Waals surface area contributed by atoms with Gasteiger partial charge in [0.2, 0.25) is 6.41 Å². The first-order valence-electron chi connectivity index (χ1n) is 1.39. The zero-order valence-corrected chi connectivity index (χ0v) is 10.1. The van der Waals surface area contributed by atoms with E-state index in [4.69, 9.17) is 0 Å². The van der Waals surface area contributed by atoms with Crippen molar-refractivity contribution in [3.8, 4) is 0 Å². The van der Waals surface area contributed by atoms with E-state index in [1.54, 1.807) is 14.1 Å². The number of hydrogen-bond acceptors (Lipinski definition) is 1. The summed E-state index contributed by atoms with van der Waals surface area (Å²) in [6.07, 6.45) is 0.750. The molecule has 0 spiro atoms. The smallest absolute Gasteiger partial charge is 1.00 e. The zero-order chi connectivity index (χ0) is 4.28. The van der Waals surface area contributed by atoms with Gasteiger partial charge < -0.3 is 28.9 Å². The first-order valence-corrected chi connectivity index (χ1v) is 1.39. The molecule has 0 fully saturated rings. The van der Waals surface area contributed by atoms with E-state index in [0.717, 1.165) is 6.41 Å². The molecule has 0 aliphatic rings. The van der Waals surface area contributed by atoms with E-state index in [1.807, 2.05) is 0 Å². The second-order valence-electron chi connectivity index (χ2n) is 1.07. The average Bonchev–Trinajstić information content (AvgIpc) is 1.38. The van der Waals surface area contributed by atoms with Crippen LogP contribution in [0, 0.1) is 0 Å². The SMILES string of the molecule is CN(C)C=O.[I-].[K+]. The van der Waals surface area contributed by atoms with E-state index in [2.05, 4.69) is 0 Å². The quantitative estimate of drug-likeness (QED) is 0.253. The molecule has 0 unspecified atom stereocenters. The molecule has 0 atom stereocenters. The molecule has 1 amide bonds. The van der Waals surface area contributed by atoms with Crippen LogP contribution in [0.4, 0.5) is 0 Å². The molecule has 4 heteroatoms. The maximum Gasteiger partial charge on any atom is 1.00 e. The molecule has 0 aromatic rings. The summed E-state index contributed by atoms with van der Waals surface area (Å²) in [7, 11) is 3.38. The number of carbonyl (C=O) groups excluding carboxylic acids is 1. The van der Waals surface area contributed by atoms with Crippen molar-refractivity contribution in [1.82, 2.24) is 4.90 Å². The van der Waals surface area contributed by atoms with Gasteiger partial charge in [0.05, 0.1) is 0 Å². The maximum atomic E-state index is 9.43. The Bertz CT molecular complexity index is 41.9. The third-order valence-corrected chi connectivity index (χ3v) is 0.211. The molecule has 38 valence electrons. The molecule has 0 saturated carbocycles. The Hall–Kier alpha value is 1.84. The van der Waals surface area contributed by atoms with Crippen molar-refractivity contribution in [2.75, 3.05) is 14.1 Å². The number of amides is 1. The topological polar surface area (TPSA) is 20.3 Å². The van der Waals surface area contributed by atoms with E-state index in [1.165, 1.54) is 4.90 Å². The second-order valence-corrected chi connectivity index (χ2v) is 1.07. The summed E-state index contributed by atoms with van der Waals surface area (Å²) in [5.74, 6) is 0. The summed E-state index contributed by atoms with van der Waals surface area (Å²) in [4.78, 5) is 10.9. The number of nitrogens with zero attached hydrogens (tertiary/aromatic N) is 1. The molecule has 0 aromatic carbocycles. The summed E-state index contributed by atoms with van der Waals surface area (Å²) < 4.78 is 0. The van der Waals surface area contributed by atoms with Gasteiger partial charge in [0, 0.05) is 14.1 Å². The maximum absolute atomic E-state index is 9.43. The number of hydrogen-bond donors (Lipinski definition) is 0. The molecule has 0 rings (SSSR count). The Morgan fingerprint density at radius 3 is 1.57 bits per heavy atom. The van der Waals surface area contributed by atoms with Crippen LogP contribution in [0.5, 0.6) is 0 Å². The fourth-order valence-corrected chi connectivity index (χ4v) is 0. The Labute approximate surface area is 103 Å². The molecular formula is C3H7IKNO. The van der Waals surface area contributed by atoms with Crippen molar-refractivity contribution in [3.05, 3.63) is 0 Å². The molecule has 0 radical (unpaired) electrons. The van der Waals surface area contributed by atoms with Crippen LogP contribution in [0.15, 0.2) is 0 Å². The molecule has 0 aliphatic carbocycles. The molecule has 2 nitrogen and oxygen atoms in total. The first kappa shape index (κ1) is 15.9. The fourth-order valence-electron chi connectivity index (χ4n) is 0. The molecule has 0 heterocycles. The summed E-state index contributed by atoms with van der Waals surface area (Å²) in [5, 5.41) is 0. The van der Waals surface area contributed by atoms with Crippen molar-refractivity contribution in [1.29, 1.82) is 0 Å². The number of halogens is 1. The van der Waals surface area contributed by atoms with Crippen LogP contribution in [0.2, 0.25) is 0 Å². The van der Waals surface area contributed by atoms with Gasteiger partial charge in [-0.25, -0.2) is 0 Å². The van der Waals surface area contributed by atoms with Crippen LogP contribution in [-0.2, 0) is 4.79 Å². The molecule has 0 N–H and O–H groups in total. The number of rotatable bonds is 1. The van der Waals surface area contributed by atoms with E-state index in [0.29, 0.717) is 0 Å². The Kier molecular flexibility index (Phi) is 24.5. The van der Waals surface area contributed by atoms with Crippen molar-refractivity contribution >= 4 is 6.41 Å². The van der Waals surface area contributed by atoms with Gasteiger partial charge in [-0.1, -0.05) is 0 Å². The third-order valence-electron chi connectivity index (χ3n) is 0.211. The average molecular weight is 239 g/mol. The van der Waals surface area contributed by atoms with Crippen LogP contribution in [0.25, 0.3) is 0 Å². The Morgan fingerprint density at radius 1 is 1.43 bits per heavy atom. The van der Waals surface area contributed by atoms with Gasteiger partial charge in [0.1, 0.15) is 0 Å². The monoisotopic (exact) mass is 239 g/mol. The van der Waals surface area contributed by atoms with Crippen LogP contribution < -0.4 is 75.4 Å². The van der Waals surface area contributed by atoms with E-state index in [9.17, 15) is 4.79 Å². The molecule has 0 saturated heterocycles. The van der Waals surface area contributed by atoms with Crippen LogP contribution >= 0.6 is 0 Å². The van der Waals surface area contributed by atoms with Crippen LogP contribution in [-0.4, -0.2) is 25.4 Å². The minimum Gasteiger partial charge on any atom is -1.00 e. The summed E-state index contributed by atoms with van der Waals surface area (Å²) in [6, 6.07) is 0. The van der Waals surface area contributed by atoms with Gasteiger partial charge in [-0.2, -0.15) is 0 Å². The van der Waals surface area contributed by atoms with Crippen LogP contribution in [0.1, 0.15) is 0 Å². The zero-order valence-electron chi connectivity index (χ0n) is 4.81. The normalized spacial score (nSPS) is 4.86. The van der Waals surface area contributed by atoms with E-state index < -0.39 is 0 Å². The number of carbonyl (C=O) groups is 1. The Morgan fingerprint density at radius 2 is 1.57 bits per heavy atom. The predicted octanol–water partition coefficient (Wildman–Crippen LogP) is -6.29. The minimum atomic E-state index is 0. The van der Waals surface area contributed by atoms with Gasteiger partial charge in [0.25, 0.3) is 0 Å². The van der Waals surface area contributed by atoms with Gasteiger partial charge >= 0.3 is 51.4 Å². The molecule has 7 heavy (non-hydrogen) atoms. The van der Waals surface area contributed by atoms with Gasteiger partial charge in [-0.15, -0.1) is 0 Å². The first-order chi connectivity index (χ1) is 2.27. The summed E-state index contributed by atoms with van der Waals surface area (Å²) in [6.45, 7) is 0. The molecular weight excluding hydrogens is 232 g/mol. The largest absolute Gasteiger partial charge is 1.00 e. The Balaban J connectivity index is -0.0000000800. The standard InChI is InChI=1S/C3H7NO.HI.K/c1-4(2)3-5;;/h3H,1-2H3;1H;/q;;+1/p-1. The summed E-state index contributed by atoms with van der Waals surface area (Å²) in [5.41, 5.74) is 0.